The second-order valence-electron chi connectivity index (χ2n) is 6.52. The summed E-state index contributed by atoms with van der Waals surface area (Å²) in [5.74, 6) is 0.631. The Bertz CT molecular complexity index is 445. The molecule has 0 unspecified atom stereocenters. The van der Waals surface area contributed by atoms with Gasteiger partial charge in [-0.2, -0.15) is 0 Å². The Morgan fingerprint density at radius 2 is 2.00 bits per heavy atom. The van der Waals surface area contributed by atoms with Crippen LogP contribution in [-0.4, -0.2) is 21.2 Å². The summed E-state index contributed by atoms with van der Waals surface area (Å²) < 4.78 is 7.41. The first-order valence-electron chi connectivity index (χ1n) is 7.76. The summed E-state index contributed by atoms with van der Waals surface area (Å²) in [6.07, 6.45) is 5.53. The number of imidazole rings is 1. The van der Waals surface area contributed by atoms with E-state index in [2.05, 4.69) is 28.7 Å². The van der Waals surface area contributed by atoms with Gasteiger partial charge in [0.15, 0.2) is 0 Å². The van der Waals surface area contributed by atoms with E-state index < -0.39 is 11.7 Å². The third-order valence-electron chi connectivity index (χ3n) is 3.53. The van der Waals surface area contributed by atoms with Crippen molar-refractivity contribution < 1.29 is 9.53 Å². The van der Waals surface area contributed by atoms with Gasteiger partial charge >= 0.3 is 6.09 Å². The van der Waals surface area contributed by atoms with Gasteiger partial charge in [0.05, 0.1) is 24.3 Å². The lowest BCUT2D eigenvalue weighted by molar-refractivity contribution is 0.0506. The maximum Gasteiger partial charge on any atom is 0.408 e. The highest BCUT2D eigenvalue weighted by atomic mass is 16.6. The average molecular weight is 295 g/mol. The van der Waals surface area contributed by atoms with E-state index in [4.69, 9.17) is 4.74 Å². The molecule has 0 radical (unpaired) electrons. The SMILES string of the molecule is CCC(CC)Cn1cncc1[C@H](C)NC(=O)OC(C)(C)C. The van der Waals surface area contributed by atoms with E-state index in [1.807, 2.05) is 40.2 Å². The number of hydrogen-bond acceptors (Lipinski definition) is 3. The van der Waals surface area contributed by atoms with E-state index in [1.165, 1.54) is 0 Å². The maximum atomic E-state index is 11.8. The first-order valence-corrected chi connectivity index (χ1v) is 7.76. The van der Waals surface area contributed by atoms with Crippen LogP contribution < -0.4 is 5.32 Å². The maximum absolute atomic E-state index is 11.8. The molecule has 0 fully saturated rings. The van der Waals surface area contributed by atoms with E-state index in [0.717, 1.165) is 25.1 Å². The van der Waals surface area contributed by atoms with Gasteiger partial charge in [0.2, 0.25) is 0 Å². The van der Waals surface area contributed by atoms with Crippen molar-refractivity contribution in [1.82, 2.24) is 14.9 Å². The van der Waals surface area contributed by atoms with Crippen molar-refractivity contribution in [2.75, 3.05) is 0 Å². The predicted molar refractivity (Wildman–Crippen MR) is 84.1 cm³/mol. The van der Waals surface area contributed by atoms with Crippen LogP contribution in [0.2, 0.25) is 0 Å². The molecule has 0 saturated heterocycles. The largest absolute Gasteiger partial charge is 0.444 e. The molecule has 0 aliphatic rings. The van der Waals surface area contributed by atoms with Crippen LogP contribution >= 0.6 is 0 Å². The van der Waals surface area contributed by atoms with E-state index in [1.54, 1.807) is 0 Å². The van der Waals surface area contributed by atoms with Gasteiger partial charge in [-0.1, -0.05) is 26.7 Å². The smallest absolute Gasteiger partial charge is 0.408 e. The van der Waals surface area contributed by atoms with Crippen LogP contribution in [0.4, 0.5) is 4.79 Å². The number of aromatic nitrogens is 2. The van der Waals surface area contributed by atoms with Crippen molar-refractivity contribution in [3.05, 3.63) is 18.2 Å². The second-order valence-corrected chi connectivity index (χ2v) is 6.52. The zero-order chi connectivity index (χ0) is 16.0. The molecular formula is C16H29N3O2. The van der Waals surface area contributed by atoms with Crippen molar-refractivity contribution in [1.29, 1.82) is 0 Å². The van der Waals surface area contributed by atoms with Crippen LogP contribution in [0.1, 0.15) is 66.1 Å². The normalized spacial score (nSPS) is 13.3. The molecule has 1 amide bonds. The Morgan fingerprint density at radius 1 is 1.38 bits per heavy atom. The lowest BCUT2D eigenvalue weighted by Crippen LogP contribution is -2.34. The zero-order valence-corrected chi connectivity index (χ0v) is 14.1. The topological polar surface area (TPSA) is 56.2 Å². The van der Waals surface area contributed by atoms with E-state index in [9.17, 15) is 4.79 Å². The van der Waals surface area contributed by atoms with Gasteiger partial charge in [-0.15, -0.1) is 0 Å². The molecule has 120 valence electrons. The Labute approximate surface area is 128 Å². The molecule has 5 nitrogen and oxygen atoms in total. The quantitative estimate of drug-likeness (QED) is 0.865. The summed E-state index contributed by atoms with van der Waals surface area (Å²) in [6, 6.07) is -0.128. The fraction of sp³-hybridized carbons (Fsp3) is 0.750. The standard InChI is InChI=1S/C16H29N3O2/c1-7-13(8-2)10-19-11-17-9-14(19)12(3)18-15(20)21-16(4,5)6/h9,11-13H,7-8,10H2,1-6H3,(H,18,20)/t12-/m0/s1. The minimum absolute atomic E-state index is 0.128. The fourth-order valence-electron chi connectivity index (χ4n) is 2.23. The van der Waals surface area contributed by atoms with Gasteiger partial charge in [-0.3, -0.25) is 0 Å². The number of alkyl carbamates (subject to hydrolysis) is 1. The van der Waals surface area contributed by atoms with Gasteiger partial charge in [0.25, 0.3) is 0 Å². The van der Waals surface area contributed by atoms with Crippen LogP contribution in [0, 0.1) is 5.92 Å². The van der Waals surface area contributed by atoms with Gasteiger partial charge in [-0.25, -0.2) is 9.78 Å². The number of hydrogen-bond donors (Lipinski definition) is 1. The predicted octanol–water partition coefficient (Wildman–Crippen LogP) is 3.91. The summed E-state index contributed by atoms with van der Waals surface area (Å²) in [5, 5.41) is 2.87. The minimum Gasteiger partial charge on any atom is -0.444 e. The molecule has 0 aromatic carbocycles. The van der Waals surface area contributed by atoms with Crippen molar-refractivity contribution in [3.63, 3.8) is 0 Å². The monoisotopic (exact) mass is 295 g/mol. The Kier molecular flexibility index (Phi) is 6.24. The van der Waals surface area contributed by atoms with E-state index in [0.29, 0.717) is 5.92 Å². The van der Waals surface area contributed by atoms with Gasteiger partial charge in [-0.05, 0) is 33.6 Å². The first-order chi connectivity index (χ1) is 9.76. The Morgan fingerprint density at radius 3 is 2.52 bits per heavy atom. The molecule has 0 saturated carbocycles. The average Bonchev–Trinajstić information content (AvgIpc) is 2.81. The molecule has 21 heavy (non-hydrogen) atoms. The number of rotatable bonds is 6. The Balaban J connectivity index is 2.69. The number of ether oxygens (including phenoxy) is 1. The van der Waals surface area contributed by atoms with Gasteiger partial charge in [0.1, 0.15) is 5.60 Å². The third kappa shape index (κ3) is 5.78. The van der Waals surface area contributed by atoms with Gasteiger partial charge < -0.3 is 14.6 Å². The summed E-state index contributed by atoms with van der Waals surface area (Å²) in [4.78, 5) is 16.1. The van der Waals surface area contributed by atoms with Crippen LogP contribution in [-0.2, 0) is 11.3 Å². The van der Waals surface area contributed by atoms with Crippen LogP contribution in [0.15, 0.2) is 12.5 Å². The van der Waals surface area contributed by atoms with Crippen molar-refractivity contribution in [3.8, 4) is 0 Å². The number of amides is 1. The molecule has 1 rings (SSSR count). The summed E-state index contributed by atoms with van der Waals surface area (Å²) >= 11 is 0. The molecule has 0 aliphatic heterocycles. The molecule has 1 atom stereocenters. The third-order valence-corrected chi connectivity index (χ3v) is 3.53. The molecule has 0 spiro atoms. The molecule has 0 bridgehead atoms. The van der Waals surface area contributed by atoms with Crippen LogP contribution in [0.25, 0.3) is 0 Å². The lowest BCUT2D eigenvalue weighted by atomic mass is 10.0. The van der Waals surface area contributed by atoms with Gasteiger partial charge in [0, 0.05) is 6.54 Å². The van der Waals surface area contributed by atoms with Crippen molar-refractivity contribution in [2.24, 2.45) is 5.92 Å². The number of nitrogens with zero attached hydrogens (tertiary/aromatic N) is 2. The fourth-order valence-corrected chi connectivity index (χ4v) is 2.23. The van der Waals surface area contributed by atoms with Crippen molar-refractivity contribution >= 4 is 6.09 Å². The summed E-state index contributed by atoms with van der Waals surface area (Å²) in [5.41, 5.74) is 0.521. The number of nitrogens with one attached hydrogen (secondary N) is 1. The molecule has 1 aromatic rings. The molecule has 1 aromatic heterocycles. The summed E-state index contributed by atoms with van der Waals surface area (Å²) in [6.45, 7) is 12.9. The summed E-state index contributed by atoms with van der Waals surface area (Å²) in [7, 11) is 0. The molecular weight excluding hydrogens is 266 g/mol. The molecule has 1 heterocycles. The second kappa shape index (κ2) is 7.48. The minimum atomic E-state index is -0.487. The van der Waals surface area contributed by atoms with E-state index >= 15 is 0 Å². The molecule has 0 aliphatic carbocycles. The highest BCUT2D eigenvalue weighted by Gasteiger charge is 2.20. The van der Waals surface area contributed by atoms with E-state index in [-0.39, 0.29) is 6.04 Å². The number of carbonyl (C=O) groups is 1. The highest BCUT2D eigenvalue weighted by molar-refractivity contribution is 5.68. The lowest BCUT2D eigenvalue weighted by Gasteiger charge is -2.23. The molecule has 5 heteroatoms. The zero-order valence-electron chi connectivity index (χ0n) is 14.1. The van der Waals surface area contributed by atoms with Crippen molar-refractivity contribution in [2.45, 2.75) is 72.6 Å². The first kappa shape index (κ1) is 17.5. The number of carbonyl (C=O) groups excluding carboxylic acids is 1. The Hall–Kier alpha value is -1.52. The highest BCUT2D eigenvalue weighted by Crippen LogP contribution is 2.17. The molecule has 1 N–H and O–H groups in total. The van der Waals surface area contributed by atoms with Crippen LogP contribution in [0.3, 0.4) is 0 Å². The van der Waals surface area contributed by atoms with Crippen LogP contribution in [0.5, 0.6) is 0 Å².